The predicted molar refractivity (Wildman–Crippen MR) is 62.4 cm³/mol. The SMILES string of the molecule is COc1cc(C)c(CNC(=O)Cl)c(OC)c1. The van der Waals surface area contributed by atoms with Crippen LogP contribution in [0.1, 0.15) is 11.1 Å². The quantitative estimate of drug-likeness (QED) is 0.653. The molecule has 4 nitrogen and oxygen atoms in total. The highest BCUT2D eigenvalue weighted by atomic mass is 35.5. The second kappa shape index (κ2) is 5.61. The summed E-state index contributed by atoms with van der Waals surface area (Å²) in [6.07, 6.45) is 0. The van der Waals surface area contributed by atoms with Crippen LogP contribution in [-0.2, 0) is 6.54 Å². The fraction of sp³-hybridized carbons (Fsp3) is 0.364. The molecule has 0 bridgehead atoms. The van der Waals surface area contributed by atoms with Crippen LogP contribution in [0.25, 0.3) is 0 Å². The lowest BCUT2D eigenvalue weighted by atomic mass is 10.1. The molecule has 0 atom stereocenters. The summed E-state index contributed by atoms with van der Waals surface area (Å²) in [4.78, 5) is 10.6. The molecule has 88 valence electrons. The van der Waals surface area contributed by atoms with Crippen LogP contribution >= 0.6 is 11.6 Å². The highest BCUT2D eigenvalue weighted by molar-refractivity contribution is 6.62. The van der Waals surface area contributed by atoms with E-state index in [0.717, 1.165) is 16.9 Å². The summed E-state index contributed by atoms with van der Waals surface area (Å²) >= 11 is 5.22. The lowest BCUT2D eigenvalue weighted by Crippen LogP contribution is -2.17. The number of methoxy groups -OCH3 is 2. The summed E-state index contributed by atoms with van der Waals surface area (Å²) in [5.74, 6) is 1.39. The second-order valence-corrected chi connectivity index (χ2v) is 3.60. The largest absolute Gasteiger partial charge is 0.497 e. The number of hydrogen-bond acceptors (Lipinski definition) is 3. The molecule has 0 unspecified atom stereocenters. The van der Waals surface area contributed by atoms with Crippen molar-refractivity contribution in [2.75, 3.05) is 14.2 Å². The van der Waals surface area contributed by atoms with Crippen molar-refractivity contribution in [3.63, 3.8) is 0 Å². The van der Waals surface area contributed by atoms with Gasteiger partial charge in [-0.3, -0.25) is 4.79 Å². The van der Waals surface area contributed by atoms with Crippen LogP contribution in [0.5, 0.6) is 11.5 Å². The van der Waals surface area contributed by atoms with Crippen molar-refractivity contribution >= 4 is 17.0 Å². The maximum Gasteiger partial charge on any atom is 0.314 e. The number of rotatable bonds is 4. The molecule has 5 heteroatoms. The van der Waals surface area contributed by atoms with Gasteiger partial charge in [-0.1, -0.05) is 0 Å². The number of halogens is 1. The van der Waals surface area contributed by atoms with Crippen molar-refractivity contribution in [1.82, 2.24) is 5.32 Å². The molecular formula is C11H14ClNO3. The molecule has 0 aliphatic carbocycles. The molecule has 0 saturated carbocycles. The van der Waals surface area contributed by atoms with E-state index >= 15 is 0 Å². The lowest BCUT2D eigenvalue weighted by Gasteiger charge is -2.13. The summed E-state index contributed by atoms with van der Waals surface area (Å²) in [5.41, 5.74) is 1.86. The Morgan fingerprint density at radius 2 is 2.06 bits per heavy atom. The van der Waals surface area contributed by atoms with E-state index in [1.807, 2.05) is 13.0 Å². The zero-order chi connectivity index (χ0) is 12.1. The Morgan fingerprint density at radius 3 is 2.56 bits per heavy atom. The number of hydrogen-bond donors (Lipinski definition) is 1. The topological polar surface area (TPSA) is 47.6 Å². The Kier molecular flexibility index (Phi) is 4.43. The molecule has 0 aliphatic heterocycles. The Morgan fingerprint density at radius 1 is 1.38 bits per heavy atom. The van der Waals surface area contributed by atoms with Crippen molar-refractivity contribution < 1.29 is 14.3 Å². The molecule has 0 saturated heterocycles. The third-order valence-corrected chi connectivity index (χ3v) is 2.40. The van der Waals surface area contributed by atoms with Crippen LogP contribution in [-0.4, -0.2) is 19.6 Å². The summed E-state index contributed by atoms with van der Waals surface area (Å²) in [6.45, 7) is 2.25. The lowest BCUT2D eigenvalue weighted by molar-refractivity contribution is 0.259. The van der Waals surface area contributed by atoms with Gasteiger partial charge in [-0.15, -0.1) is 0 Å². The van der Waals surface area contributed by atoms with Gasteiger partial charge in [-0.25, -0.2) is 0 Å². The molecule has 0 aliphatic rings. The van der Waals surface area contributed by atoms with E-state index in [1.165, 1.54) is 0 Å². The van der Waals surface area contributed by atoms with E-state index in [1.54, 1.807) is 20.3 Å². The first-order valence-electron chi connectivity index (χ1n) is 4.73. The van der Waals surface area contributed by atoms with Gasteiger partial charge in [0.05, 0.1) is 14.2 Å². The molecule has 1 aromatic rings. The molecule has 0 aromatic heterocycles. The third kappa shape index (κ3) is 3.03. The smallest absolute Gasteiger partial charge is 0.314 e. The minimum absolute atomic E-state index is 0.335. The van der Waals surface area contributed by atoms with Crippen LogP contribution in [0.2, 0.25) is 0 Å². The van der Waals surface area contributed by atoms with Crippen molar-refractivity contribution in [3.05, 3.63) is 23.3 Å². The fourth-order valence-corrected chi connectivity index (χ4v) is 1.50. The number of amides is 1. The fourth-order valence-electron chi connectivity index (χ4n) is 1.44. The average molecular weight is 244 g/mol. The van der Waals surface area contributed by atoms with Crippen LogP contribution < -0.4 is 14.8 Å². The monoisotopic (exact) mass is 243 g/mol. The van der Waals surface area contributed by atoms with Gasteiger partial charge in [0.25, 0.3) is 0 Å². The average Bonchev–Trinajstić information content (AvgIpc) is 2.26. The molecule has 0 heterocycles. The van der Waals surface area contributed by atoms with E-state index in [0.29, 0.717) is 12.3 Å². The van der Waals surface area contributed by atoms with Crippen molar-refractivity contribution in [3.8, 4) is 11.5 Å². The van der Waals surface area contributed by atoms with E-state index in [9.17, 15) is 4.79 Å². The first kappa shape index (κ1) is 12.6. The van der Waals surface area contributed by atoms with Crippen LogP contribution in [0.4, 0.5) is 4.79 Å². The molecular weight excluding hydrogens is 230 g/mol. The minimum Gasteiger partial charge on any atom is -0.497 e. The van der Waals surface area contributed by atoms with Crippen LogP contribution in [0.3, 0.4) is 0 Å². The Balaban J connectivity index is 3.01. The molecule has 1 amide bonds. The zero-order valence-corrected chi connectivity index (χ0v) is 10.2. The summed E-state index contributed by atoms with van der Waals surface area (Å²) in [7, 11) is 3.16. The Bertz CT molecular complexity index is 393. The van der Waals surface area contributed by atoms with Gasteiger partial charge in [-0.2, -0.15) is 0 Å². The first-order valence-corrected chi connectivity index (χ1v) is 5.11. The van der Waals surface area contributed by atoms with Crippen molar-refractivity contribution in [2.24, 2.45) is 0 Å². The van der Waals surface area contributed by atoms with E-state index in [4.69, 9.17) is 21.1 Å². The summed E-state index contributed by atoms with van der Waals surface area (Å²) in [6, 6.07) is 3.64. The van der Waals surface area contributed by atoms with Gasteiger partial charge < -0.3 is 14.8 Å². The Hall–Kier alpha value is -1.42. The second-order valence-electron chi connectivity index (χ2n) is 3.25. The van der Waals surface area contributed by atoms with Gasteiger partial charge in [0.2, 0.25) is 0 Å². The normalized spacial score (nSPS) is 9.75. The summed E-state index contributed by atoms with van der Waals surface area (Å²) < 4.78 is 10.4. The van der Waals surface area contributed by atoms with Gasteiger partial charge in [0.1, 0.15) is 11.5 Å². The van der Waals surface area contributed by atoms with Gasteiger partial charge in [0, 0.05) is 18.2 Å². The van der Waals surface area contributed by atoms with E-state index in [-0.39, 0.29) is 0 Å². The standard InChI is InChI=1S/C11H14ClNO3/c1-7-4-8(15-2)5-10(16-3)9(7)6-13-11(12)14/h4-5H,6H2,1-3H3,(H,13,14). The van der Waals surface area contributed by atoms with E-state index < -0.39 is 5.37 Å². The molecule has 0 fully saturated rings. The summed E-state index contributed by atoms with van der Waals surface area (Å²) in [5, 5.41) is 1.93. The molecule has 16 heavy (non-hydrogen) atoms. The van der Waals surface area contributed by atoms with Crippen molar-refractivity contribution in [2.45, 2.75) is 13.5 Å². The third-order valence-electron chi connectivity index (χ3n) is 2.27. The molecule has 1 rings (SSSR count). The number of aryl methyl sites for hydroxylation is 1. The van der Waals surface area contributed by atoms with Crippen LogP contribution in [0.15, 0.2) is 12.1 Å². The number of nitrogens with one attached hydrogen (secondary N) is 1. The van der Waals surface area contributed by atoms with Crippen LogP contribution in [0, 0.1) is 6.92 Å². The highest BCUT2D eigenvalue weighted by Crippen LogP contribution is 2.28. The maximum atomic E-state index is 10.6. The minimum atomic E-state index is -0.586. The first-order chi connectivity index (χ1) is 7.58. The van der Waals surface area contributed by atoms with Gasteiger partial charge in [0.15, 0.2) is 0 Å². The van der Waals surface area contributed by atoms with Crippen molar-refractivity contribution in [1.29, 1.82) is 0 Å². The highest BCUT2D eigenvalue weighted by Gasteiger charge is 2.09. The number of benzene rings is 1. The predicted octanol–water partition coefficient (Wildman–Crippen LogP) is 2.46. The van der Waals surface area contributed by atoms with Gasteiger partial charge >= 0.3 is 5.37 Å². The zero-order valence-electron chi connectivity index (χ0n) is 9.46. The maximum absolute atomic E-state index is 10.6. The number of ether oxygens (including phenoxy) is 2. The molecule has 0 radical (unpaired) electrons. The Labute approximate surface area is 99.5 Å². The molecule has 1 N–H and O–H groups in total. The molecule has 1 aromatic carbocycles. The van der Waals surface area contributed by atoms with E-state index in [2.05, 4.69) is 5.32 Å². The number of carbonyl (C=O) groups excluding carboxylic acids is 1. The number of carbonyl (C=O) groups is 1. The molecule has 0 spiro atoms. The van der Waals surface area contributed by atoms with Gasteiger partial charge in [-0.05, 0) is 30.2 Å².